The van der Waals surface area contributed by atoms with Crippen molar-refractivity contribution in [3.8, 4) is 0 Å². The molecule has 9 heteroatoms. The number of para-hydroxylation sites is 1. The second-order valence-corrected chi connectivity index (χ2v) is 6.41. The van der Waals surface area contributed by atoms with E-state index < -0.39 is 11.9 Å². The number of benzene rings is 2. The Morgan fingerprint density at radius 2 is 1.86 bits per heavy atom. The molecule has 0 aromatic heterocycles. The number of hydrogen-bond acceptors (Lipinski definition) is 5. The van der Waals surface area contributed by atoms with Crippen LogP contribution in [0, 0.1) is 0 Å². The maximum absolute atomic E-state index is 12.7. The van der Waals surface area contributed by atoms with E-state index in [1.54, 1.807) is 37.3 Å². The molecule has 0 bridgehead atoms. The molecule has 1 unspecified atom stereocenters. The third-order valence-electron chi connectivity index (χ3n) is 4.04. The number of hydrogen-bond donors (Lipinski definition) is 3. The Morgan fingerprint density at radius 3 is 2.54 bits per heavy atom. The van der Waals surface area contributed by atoms with Gasteiger partial charge in [0.1, 0.15) is 6.04 Å². The molecule has 144 valence electrons. The van der Waals surface area contributed by atoms with Crippen LogP contribution in [-0.2, 0) is 9.59 Å². The number of halogens is 1. The first-order chi connectivity index (χ1) is 13.4. The van der Waals surface area contributed by atoms with Gasteiger partial charge in [0.2, 0.25) is 5.84 Å². The molecule has 1 aliphatic rings. The van der Waals surface area contributed by atoms with Crippen molar-refractivity contribution in [3.05, 3.63) is 59.1 Å². The highest BCUT2D eigenvalue weighted by molar-refractivity contribution is 6.43. The summed E-state index contributed by atoms with van der Waals surface area (Å²) in [6.45, 7) is 1.61. The van der Waals surface area contributed by atoms with Crippen LogP contribution in [0.1, 0.15) is 17.3 Å². The molecule has 28 heavy (non-hydrogen) atoms. The predicted octanol–water partition coefficient (Wildman–Crippen LogP) is 1.98. The van der Waals surface area contributed by atoms with Gasteiger partial charge in [0.25, 0.3) is 17.7 Å². The second-order valence-electron chi connectivity index (χ2n) is 6.00. The second kappa shape index (κ2) is 8.10. The Hall–Kier alpha value is -3.39. The van der Waals surface area contributed by atoms with Gasteiger partial charge in [-0.1, -0.05) is 29.8 Å². The van der Waals surface area contributed by atoms with Crippen LogP contribution in [0.5, 0.6) is 0 Å². The van der Waals surface area contributed by atoms with Crippen molar-refractivity contribution in [2.24, 2.45) is 4.99 Å². The van der Waals surface area contributed by atoms with E-state index in [9.17, 15) is 14.4 Å². The number of carbonyl (C=O) groups is 3. The van der Waals surface area contributed by atoms with Crippen LogP contribution >= 0.6 is 11.6 Å². The van der Waals surface area contributed by atoms with Crippen molar-refractivity contribution in [2.45, 2.75) is 13.0 Å². The number of amidine groups is 1. The molecule has 3 N–H and O–H groups in total. The first-order valence-corrected chi connectivity index (χ1v) is 8.85. The highest BCUT2D eigenvalue weighted by Crippen LogP contribution is 2.21. The van der Waals surface area contributed by atoms with E-state index in [0.29, 0.717) is 11.4 Å². The van der Waals surface area contributed by atoms with Crippen molar-refractivity contribution in [1.29, 1.82) is 0 Å². The Labute approximate surface area is 166 Å². The number of carbonyl (C=O) groups excluding carboxylic acids is 3. The molecule has 3 rings (SSSR count). The van der Waals surface area contributed by atoms with Crippen LogP contribution in [0.3, 0.4) is 0 Å². The number of aliphatic imine (C=N–C) groups is 1. The summed E-state index contributed by atoms with van der Waals surface area (Å²) in [5.41, 5.74) is 3.94. The number of rotatable bonds is 4. The van der Waals surface area contributed by atoms with Crippen LogP contribution in [-0.4, -0.2) is 36.6 Å². The number of amides is 3. The molecule has 1 atom stereocenters. The third kappa shape index (κ3) is 3.96. The van der Waals surface area contributed by atoms with Crippen molar-refractivity contribution in [3.63, 3.8) is 0 Å². The molecular weight excluding hydrogens is 382 g/mol. The summed E-state index contributed by atoms with van der Waals surface area (Å²) < 4.78 is 0. The summed E-state index contributed by atoms with van der Waals surface area (Å²) >= 11 is 6.02. The molecule has 3 amide bonds. The third-order valence-corrected chi connectivity index (χ3v) is 4.37. The molecule has 8 nitrogen and oxygen atoms in total. The van der Waals surface area contributed by atoms with E-state index in [1.807, 2.05) is 6.07 Å². The zero-order valence-electron chi connectivity index (χ0n) is 15.2. The van der Waals surface area contributed by atoms with Gasteiger partial charge < -0.3 is 10.6 Å². The molecule has 1 heterocycles. The lowest BCUT2D eigenvalue weighted by Crippen LogP contribution is -2.57. The minimum Gasteiger partial charge on any atom is -0.355 e. The van der Waals surface area contributed by atoms with E-state index in [0.717, 1.165) is 0 Å². The molecule has 0 saturated heterocycles. The van der Waals surface area contributed by atoms with Crippen molar-refractivity contribution >= 4 is 46.5 Å². The van der Waals surface area contributed by atoms with Crippen LogP contribution in [0.2, 0.25) is 5.02 Å². The maximum atomic E-state index is 12.7. The molecule has 0 fully saturated rings. The van der Waals surface area contributed by atoms with Gasteiger partial charge in [-0.15, -0.1) is 0 Å². The van der Waals surface area contributed by atoms with Crippen molar-refractivity contribution in [2.75, 3.05) is 17.4 Å². The summed E-state index contributed by atoms with van der Waals surface area (Å²) in [5, 5.41) is 6.69. The first-order valence-electron chi connectivity index (χ1n) is 8.47. The van der Waals surface area contributed by atoms with Crippen LogP contribution in [0.25, 0.3) is 0 Å². The average molecular weight is 400 g/mol. The van der Waals surface area contributed by atoms with Gasteiger partial charge in [0.05, 0.1) is 16.3 Å². The van der Waals surface area contributed by atoms with Gasteiger partial charge in [-0.05, 0) is 37.3 Å². The van der Waals surface area contributed by atoms with Gasteiger partial charge in [-0.3, -0.25) is 19.8 Å². The monoisotopic (exact) mass is 399 g/mol. The summed E-state index contributed by atoms with van der Waals surface area (Å²) in [5.74, 6) is -1.22. The normalized spacial score (nSPS) is 16.1. The minimum atomic E-state index is -0.728. The number of hydrazine groups is 1. The highest BCUT2D eigenvalue weighted by Gasteiger charge is 2.30. The Balaban J connectivity index is 1.82. The van der Waals surface area contributed by atoms with Gasteiger partial charge in [-0.25, -0.2) is 10.0 Å². The predicted molar refractivity (Wildman–Crippen MR) is 107 cm³/mol. The van der Waals surface area contributed by atoms with Gasteiger partial charge in [0, 0.05) is 12.7 Å². The summed E-state index contributed by atoms with van der Waals surface area (Å²) in [6.07, 6.45) is 0. The SMILES string of the molecule is CNC(=O)c1cc(NC(=O)C2=NC(C)C(=O)N(c3ccccc3)N2)ccc1Cl. The zero-order valence-corrected chi connectivity index (χ0v) is 15.9. The van der Waals surface area contributed by atoms with E-state index >= 15 is 0 Å². The molecule has 0 spiro atoms. The van der Waals surface area contributed by atoms with Crippen molar-refractivity contribution < 1.29 is 14.4 Å². The van der Waals surface area contributed by atoms with Crippen LogP contribution in [0.4, 0.5) is 11.4 Å². The topological polar surface area (TPSA) is 103 Å². The van der Waals surface area contributed by atoms with E-state index in [-0.39, 0.29) is 28.2 Å². The van der Waals surface area contributed by atoms with Gasteiger partial charge >= 0.3 is 0 Å². The Kier molecular flexibility index (Phi) is 5.60. The highest BCUT2D eigenvalue weighted by atomic mass is 35.5. The van der Waals surface area contributed by atoms with E-state index in [4.69, 9.17) is 11.6 Å². The Bertz CT molecular complexity index is 961. The van der Waals surface area contributed by atoms with Gasteiger partial charge in [0.15, 0.2) is 0 Å². The Morgan fingerprint density at radius 1 is 1.14 bits per heavy atom. The smallest absolute Gasteiger partial charge is 0.292 e. The van der Waals surface area contributed by atoms with E-state index in [1.165, 1.54) is 24.2 Å². The lowest BCUT2D eigenvalue weighted by molar-refractivity contribution is -0.120. The molecule has 0 radical (unpaired) electrons. The molecule has 0 saturated carbocycles. The number of nitrogens with one attached hydrogen (secondary N) is 3. The first kappa shape index (κ1) is 19.4. The van der Waals surface area contributed by atoms with E-state index in [2.05, 4.69) is 21.1 Å². The fourth-order valence-corrected chi connectivity index (χ4v) is 2.81. The quantitative estimate of drug-likeness (QED) is 0.731. The zero-order chi connectivity index (χ0) is 20.3. The van der Waals surface area contributed by atoms with Crippen molar-refractivity contribution in [1.82, 2.24) is 10.7 Å². The number of nitrogens with zero attached hydrogens (tertiary/aromatic N) is 2. The largest absolute Gasteiger partial charge is 0.355 e. The van der Waals surface area contributed by atoms with Crippen LogP contribution < -0.4 is 21.1 Å². The number of anilines is 2. The maximum Gasteiger partial charge on any atom is 0.292 e. The van der Waals surface area contributed by atoms with Crippen LogP contribution in [0.15, 0.2) is 53.5 Å². The fraction of sp³-hybridized carbons (Fsp3) is 0.158. The fourth-order valence-electron chi connectivity index (χ4n) is 2.61. The molecule has 2 aromatic carbocycles. The lowest BCUT2D eigenvalue weighted by atomic mass is 10.2. The summed E-state index contributed by atoms with van der Waals surface area (Å²) in [7, 11) is 1.49. The standard InChI is InChI=1S/C19H18ClN5O3/c1-11-19(28)25(13-6-4-3-5-7-13)24-16(22-11)18(27)23-12-8-9-15(20)14(10-12)17(26)21-2/h3-11H,1-2H3,(H,21,26)(H,22,24)(H,23,27). The molecule has 1 aliphatic heterocycles. The summed E-state index contributed by atoms with van der Waals surface area (Å²) in [4.78, 5) is 41.1. The average Bonchev–Trinajstić information content (AvgIpc) is 2.71. The molecule has 0 aliphatic carbocycles. The van der Waals surface area contributed by atoms with Gasteiger partial charge in [-0.2, -0.15) is 0 Å². The molecular formula is C19H18ClN5O3. The molecule has 2 aromatic rings. The minimum absolute atomic E-state index is 0.0209. The lowest BCUT2D eigenvalue weighted by Gasteiger charge is -2.30. The summed E-state index contributed by atoms with van der Waals surface area (Å²) in [6, 6.07) is 12.7.